The summed E-state index contributed by atoms with van der Waals surface area (Å²) in [5.41, 5.74) is 0.602. The number of halogens is 2. The molecule has 1 fully saturated rings. The number of rotatable bonds is 7. The fourth-order valence-electron chi connectivity index (χ4n) is 2.70. The van der Waals surface area contributed by atoms with Crippen molar-refractivity contribution in [3.05, 3.63) is 48.1 Å². The predicted octanol–water partition coefficient (Wildman–Crippen LogP) is 1.34. The molecule has 2 rings (SSSR count). The fraction of sp³-hybridized carbons (Fsp3) is 0.444. The summed E-state index contributed by atoms with van der Waals surface area (Å²) >= 11 is 0. The van der Waals surface area contributed by atoms with Gasteiger partial charge in [-0.2, -0.15) is 0 Å². The van der Waals surface area contributed by atoms with Gasteiger partial charge >= 0.3 is 0 Å². The Morgan fingerprint density at radius 2 is 1.88 bits per heavy atom. The second-order valence-corrected chi connectivity index (χ2v) is 6.00. The molecule has 0 spiro atoms. The first-order valence-electron chi connectivity index (χ1n) is 8.31. The maximum Gasteiger partial charge on any atom is 0.234 e. The topological polar surface area (TPSA) is 52.7 Å². The molecular formula is C18H23F2N3O2. The van der Waals surface area contributed by atoms with E-state index in [1.54, 1.807) is 11.0 Å². The number of nitrogens with one attached hydrogen (secondary N) is 1. The average molecular weight is 351 g/mol. The lowest BCUT2D eigenvalue weighted by Crippen LogP contribution is -2.51. The van der Waals surface area contributed by atoms with Crippen molar-refractivity contribution in [3.8, 4) is 0 Å². The summed E-state index contributed by atoms with van der Waals surface area (Å²) in [7, 11) is 0. The second kappa shape index (κ2) is 9.27. The first-order valence-corrected chi connectivity index (χ1v) is 8.31. The van der Waals surface area contributed by atoms with Gasteiger partial charge in [0, 0.05) is 39.1 Å². The van der Waals surface area contributed by atoms with Crippen LogP contribution < -0.4 is 5.32 Å². The minimum Gasteiger partial charge on any atom is -0.352 e. The quantitative estimate of drug-likeness (QED) is 0.755. The molecule has 0 radical (unpaired) electrons. The maximum atomic E-state index is 13.2. The highest BCUT2D eigenvalue weighted by Gasteiger charge is 2.22. The lowest BCUT2D eigenvalue weighted by Gasteiger charge is -2.34. The van der Waals surface area contributed by atoms with Gasteiger partial charge in [0.05, 0.1) is 6.54 Å². The van der Waals surface area contributed by atoms with Crippen LogP contribution in [0.3, 0.4) is 0 Å². The molecule has 2 amide bonds. The van der Waals surface area contributed by atoms with Crippen LogP contribution in [0.1, 0.15) is 12.0 Å². The van der Waals surface area contributed by atoms with E-state index in [9.17, 15) is 18.4 Å². The van der Waals surface area contributed by atoms with Crippen molar-refractivity contribution in [1.29, 1.82) is 0 Å². The molecule has 1 heterocycles. The molecular weight excluding hydrogens is 328 g/mol. The van der Waals surface area contributed by atoms with Gasteiger partial charge in [0.25, 0.3) is 0 Å². The molecule has 0 aliphatic carbocycles. The molecule has 0 unspecified atom stereocenters. The van der Waals surface area contributed by atoms with Crippen molar-refractivity contribution in [2.75, 3.05) is 39.3 Å². The van der Waals surface area contributed by atoms with E-state index in [0.717, 1.165) is 12.1 Å². The molecule has 1 saturated heterocycles. The Hall–Kier alpha value is -2.28. The molecule has 0 bridgehead atoms. The molecule has 7 heteroatoms. The average Bonchev–Trinajstić information content (AvgIpc) is 2.61. The number of benzene rings is 1. The highest BCUT2D eigenvalue weighted by Crippen LogP contribution is 2.12. The monoisotopic (exact) mass is 351 g/mol. The first kappa shape index (κ1) is 19.1. The SMILES string of the molecule is C=CCNC(=O)CN1CCN(C(=O)CCc2ccc(F)c(F)c2)CC1. The third-order valence-corrected chi connectivity index (χ3v) is 4.15. The molecule has 0 aromatic heterocycles. The van der Waals surface area contributed by atoms with Crippen molar-refractivity contribution in [2.24, 2.45) is 0 Å². The molecule has 1 aromatic carbocycles. The fourth-order valence-corrected chi connectivity index (χ4v) is 2.70. The molecule has 25 heavy (non-hydrogen) atoms. The minimum absolute atomic E-state index is 0.0134. The molecule has 0 atom stereocenters. The van der Waals surface area contributed by atoms with Gasteiger partial charge < -0.3 is 10.2 Å². The summed E-state index contributed by atoms with van der Waals surface area (Å²) < 4.78 is 26.1. The van der Waals surface area contributed by atoms with E-state index in [-0.39, 0.29) is 18.2 Å². The molecule has 1 aromatic rings. The lowest BCUT2D eigenvalue weighted by atomic mass is 10.1. The van der Waals surface area contributed by atoms with Crippen molar-refractivity contribution >= 4 is 11.8 Å². The van der Waals surface area contributed by atoms with E-state index in [4.69, 9.17) is 0 Å². The van der Waals surface area contributed by atoms with Crippen LogP contribution in [0.4, 0.5) is 8.78 Å². The van der Waals surface area contributed by atoms with Crippen molar-refractivity contribution < 1.29 is 18.4 Å². The third kappa shape index (κ3) is 5.94. The van der Waals surface area contributed by atoms with Gasteiger partial charge in [-0.3, -0.25) is 14.5 Å². The normalized spacial score (nSPS) is 15.0. The number of nitrogens with zero attached hydrogens (tertiary/aromatic N) is 2. The number of carbonyl (C=O) groups excluding carboxylic acids is 2. The number of aryl methyl sites for hydroxylation is 1. The summed E-state index contributed by atoms with van der Waals surface area (Å²) in [5, 5.41) is 2.72. The highest BCUT2D eigenvalue weighted by atomic mass is 19.2. The second-order valence-electron chi connectivity index (χ2n) is 6.00. The smallest absolute Gasteiger partial charge is 0.234 e. The summed E-state index contributed by atoms with van der Waals surface area (Å²) in [6, 6.07) is 3.69. The van der Waals surface area contributed by atoms with Crippen molar-refractivity contribution in [3.63, 3.8) is 0 Å². The number of hydrogen-bond acceptors (Lipinski definition) is 3. The lowest BCUT2D eigenvalue weighted by molar-refractivity contribution is -0.133. The van der Waals surface area contributed by atoms with Gasteiger partial charge in [-0.25, -0.2) is 8.78 Å². The van der Waals surface area contributed by atoms with Crippen LogP contribution in [0, 0.1) is 11.6 Å². The van der Waals surface area contributed by atoms with Crippen LogP contribution in [0.25, 0.3) is 0 Å². The van der Waals surface area contributed by atoms with Crippen molar-refractivity contribution in [2.45, 2.75) is 12.8 Å². The summed E-state index contributed by atoms with van der Waals surface area (Å²) in [6.45, 7) is 6.70. The number of hydrogen-bond donors (Lipinski definition) is 1. The summed E-state index contributed by atoms with van der Waals surface area (Å²) in [5.74, 6) is -1.85. The van der Waals surface area contributed by atoms with Crippen LogP contribution in [0.2, 0.25) is 0 Å². The maximum absolute atomic E-state index is 13.2. The zero-order valence-electron chi connectivity index (χ0n) is 14.1. The number of piperazine rings is 1. The molecule has 0 saturated carbocycles. The standard InChI is InChI=1S/C18H23F2N3O2/c1-2-7-21-17(24)13-22-8-10-23(11-9-22)18(25)6-4-14-3-5-15(19)16(20)12-14/h2-3,5,12H,1,4,6-11,13H2,(H,21,24). The van der Waals surface area contributed by atoms with Crippen LogP contribution in [-0.4, -0.2) is 60.9 Å². The van der Waals surface area contributed by atoms with E-state index < -0.39 is 11.6 Å². The summed E-state index contributed by atoms with van der Waals surface area (Å²) in [4.78, 5) is 27.6. The Morgan fingerprint density at radius 1 is 1.16 bits per heavy atom. The highest BCUT2D eigenvalue weighted by molar-refractivity contribution is 5.78. The van der Waals surface area contributed by atoms with Gasteiger partial charge in [-0.05, 0) is 24.1 Å². The molecule has 5 nitrogen and oxygen atoms in total. The van der Waals surface area contributed by atoms with E-state index >= 15 is 0 Å². The van der Waals surface area contributed by atoms with E-state index in [1.807, 2.05) is 4.90 Å². The van der Waals surface area contributed by atoms with E-state index in [0.29, 0.717) is 51.3 Å². The molecule has 136 valence electrons. The van der Waals surface area contributed by atoms with Gasteiger partial charge in [-0.1, -0.05) is 12.1 Å². The van der Waals surface area contributed by atoms with Gasteiger partial charge in [0.2, 0.25) is 11.8 Å². The van der Waals surface area contributed by atoms with Gasteiger partial charge in [0.1, 0.15) is 0 Å². The molecule has 1 N–H and O–H groups in total. The Labute approximate surface area is 146 Å². The van der Waals surface area contributed by atoms with Crippen LogP contribution in [-0.2, 0) is 16.0 Å². The molecule has 1 aliphatic rings. The van der Waals surface area contributed by atoms with E-state index in [1.165, 1.54) is 6.07 Å². The molecule has 1 aliphatic heterocycles. The zero-order valence-corrected chi connectivity index (χ0v) is 14.1. The van der Waals surface area contributed by atoms with Crippen LogP contribution in [0.5, 0.6) is 0 Å². The van der Waals surface area contributed by atoms with E-state index in [2.05, 4.69) is 11.9 Å². The third-order valence-electron chi connectivity index (χ3n) is 4.15. The minimum atomic E-state index is -0.895. The van der Waals surface area contributed by atoms with Crippen LogP contribution >= 0.6 is 0 Å². The van der Waals surface area contributed by atoms with Gasteiger partial charge in [-0.15, -0.1) is 6.58 Å². The number of carbonyl (C=O) groups is 2. The number of amides is 2. The summed E-state index contributed by atoms with van der Waals surface area (Å²) in [6.07, 6.45) is 2.26. The Kier molecular flexibility index (Phi) is 7.06. The Morgan fingerprint density at radius 3 is 2.52 bits per heavy atom. The Balaban J connectivity index is 1.72. The van der Waals surface area contributed by atoms with Gasteiger partial charge in [0.15, 0.2) is 11.6 Å². The largest absolute Gasteiger partial charge is 0.352 e. The predicted molar refractivity (Wildman–Crippen MR) is 90.9 cm³/mol. The zero-order chi connectivity index (χ0) is 18.2. The Bertz CT molecular complexity index is 629. The van der Waals surface area contributed by atoms with Crippen molar-refractivity contribution in [1.82, 2.24) is 15.1 Å². The van der Waals surface area contributed by atoms with Crippen LogP contribution in [0.15, 0.2) is 30.9 Å². The first-order chi connectivity index (χ1) is 12.0.